The van der Waals surface area contributed by atoms with Gasteiger partial charge in [-0.2, -0.15) is 0 Å². The van der Waals surface area contributed by atoms with Gasteiger partial charge in [-0.3, -0.25) is 4.79 Å². The number of halogens is 2. The molecule has 0 unspecified atom stereocenters. The number of hydrogen-bond donors (Lipinski definition) is 3. The zero-order valence-corrected chi connectivity index (χ0v) is 15.0. The molecule has 3 amide bonds. The number of hydrogen-bond acceptors (Lipinski definition) is 4. The molecule has 27 heavy (non-hydrogen) atoms. The summed E-state index contributed by atoms with van der Waals surface area (Å²) < 4.78 is 18.2. The van der Waals surface area contributed by atoms with Gasteiger partial charge in [-0.15, -0.1) is 0 Å². The van der Waals surface area contributed by atoms with E-state index >= 15 is 0 Å². The average molecular weight is 394 g/mol. The summed E-state index contributed by atoms with van der Waals surface area (Å²) in [6.45, 7) is 1.63. The van der Waals surface area contributed by atoms with Gasteiger partial charge in [0, 0.05) is 12.2 Å². The van der Waals surface area contributed by atoms with Gasteiger partial charge in [0.05, 0.1) is 10.6 Å². The third-order valence-electron chi connectivity index (χ3n) is 3.50. The molecule has 0 aliphatic rings. The maximum absolute atomic E-state index is 13.1. The molecule has 0 spiro atoms. The van der Waals surface area contributed by atoms with Crippen LogP contribution in [-0.2, 0) is 16.1 Å². The van der Waals surface area contributed by atoms with Crippen LogP contribution in [0.2, 0.25) is 5.02 Å². The number of primary amides is 1. The molecule has 0 saturated heterocycles. The van der Waals surface area contributed by atoms with E-state index < -0.39 is 29.8 Å². The van der Waals surface area contributed by atoms with Crippen LogP contribution in [0.5, 0.6) is 0 Å². The zero-order valence-electron chi connectivity index (χ0n) is 14.3. The Bertz CT molecular complexity index is 858. The van der Waals surface area contributed by atoms with Gasteiger partial charge in [-0.1, -0.05) is 23.7 Å². The number of esters is 1. The summed E-state index contributed by atoms with van der Waals surface area (Å²) in [5, 5.41) is 4.77. The predicted octanol–water partition coefficient (Wildman–Crippen LogP) is 2.83. The maximum Gasteiger partial charge on any atom is 0.338 e. The first-order valence-electron chi connectivity index (χ1n) is 7.85. The van der Waals surface area contributed by atoms with E-state index in [2.05, 4.69) is 10.6 Å². The summed E-state index contributed by atoms with van der Waals surface area (Å²) in [5.41, 5.74) is 6.24. The summed E-state index contributed by atoms with van der Waals surface area (Å²) in [5.74, 6) is -1.89. The van der Waals surface area contributed by atoms with Crippen molar-refractivity contribution in [3.05, 3.63) is 64.4 Å². The normalized spacial score (nSPS) is 11.4. The molecule has 142 valence electrons. The van der Waals surface area contributed by atoms with Gasteiger partial charge in [0.1, 0.15) is 5.82 Å². The Balaban J connectivity index is 1.92. The van der Waals surface area contributed by atoms with Crippen molar-refractivity contribution >= 4 is 35.2 Å². The van der Waals surface area contributed by atoms with Crippen LogP contribution >= 0.6 is 11.6 Å². The van der Waals surface area contributed by atoms with Gasteiger partial charge < -0.3 is 21.1 Å². The van der Waals surface area contributed by atoms with Crippen LogP contribution in [0, 0.1) is 5.82 Å². The minimum atomic E-state index is -1.09. The lowest BCUT2D eigenvalue weighted by molar-refractivity contribution is -0.123. The zero-order chi connectivity index (χ0) is 20.0. The first kappa shape index (κ1) is 20.2. The summed E-state index contributed by atoms with van der Waals surface area (Å²) in [7, 11) is 0. The van der Waals surface area contributed by atoms with Crippen LogP contribution in [-0.4, -0.2) is 24.0 Å². The van der Waals surface area contributed by atoms with E-state index in [1.165, 1.54) is 31.2 Å². The second kappa shape index (κ2) is 9.00. The van der Waals surface area contributed by atoms with Gasteiger partial charge in [-0.25, -0.2) is 14.0 Å². The number of anilines is 1. The molecule has 0 aliphatic heterocycles. The minimum Gasteiger partial charge on any atom is -0.449 e. The summed E-state index contributed by atoms with van der Waals surface area (Å²) in [6.07, 6.45) is -1.09. The topological polar surface area (TPSA) is 111 Å². The quantitative estimate of drug-likeness (QED) is 0.655. The van der Waals surface area contributed by atoms with Crippen molar-refractivity contribution in [3.8, 4) is 0 Å². The number of carbonyl (C=O) groups is 3. The molecule has 2 rings (SSSR count). The number of amides is 3. The Hall–Kier alpha value is -3.13. The number of nitrogens with two attached hydrogens (primary N) is 1. The number of ether oxygens (including phenoxy) is 1. The molecule has 4 N–H and O–H groups in total. The van der Waals surface area contributed by atoms with Crippen molar-refractivity contribution in [1.29, 1.82) is 0 Å². The molecule has 0 bridgehead atoms. The molecule has 9 heteroatoms. The fourth-order valence-corrected chi connectivity index (χ4v) is 2.23. The standard InChI is InChI=1S/C18H17ClFN3O4/c1-10(16(24)23-13-6-7-15(20)14(19)8-13)27-17(25)12-4-2-11(3-5-12)9-22-18(21)26/h2-8,10H,9H2,1H3,(H,23,24)(H3,21,22,26)/t10-/m0/s1. The molecule has 0 fully saturated rings. The Morgan fingerprint density at radius 2 is 1.85 bits per heavy atom. The summed E-state index contributed by atoms with van der Waals surface area (Å²) >= 11 is 5.65. The van der Waals surface area contributed by atoms with E-state index in [0.717, 1.165) is 11.6 Å². The highest BCUT2D eigenvalue weighted by molar-refractivity contribution is 6.31. The highest BCUT2D eigenvalue weighted by atomic mass is 35.5. The Kier molecular flexibility index (Phi) is 6.73. The van der Waals surface area contributed by atoms with Gasteiger partial charge in [0.2, 0.25) is 0 Å². The van der Waals surface area contributed by atoms with Gasteiger partial charge in [0.25, 0.3) is 5.91 Å². The monoisotopic (exact) mass is 393 g/mol. The van der Waals surface area contributed by atoms with E-state index in [1.807, 2.05) is 0 Å². The molecule has 0 aromatic heterocycles. The maximum atomic E-state index is 13.1. The molecule has 2 aromatic carbocycles. The van der Waals surface area contributed by atoms with Crippen molar-refractivity contribution in [2.75, 3.05) is 5.32 Å². The number of benzene rings is 2. The SMILES string of the molecule is C[C@H](OC(=O)c1ccc(CNC(N)=O)cc1)C(=O)Nc1ccc(F)c(Cl)c1. The Morgan fingerprint density at radius 1 is 1.19 bits per heavy atom. The second-order valence-corrected chi connectivity index (χ2v) is 5.99. The second-order valence-electron chi connectivity index (χ2n) is 5.58. The Labute approximate surface area is 159 Å². The molecule has 0 saturated carbocycles. The van der Waals surface area contributed by atoms with E-state index in [1.54, 1.807) is 12.1 Å². The molecule has 0 heterocycles. The molecule has 1 atom stereocenters. The van der Waals surface area contributed by atoms with Crippen LogP contribution < -0.4 is 16.4 Å². The lowest BCUT2D eigenvalue weighted by atomic mass is 10.1. The smallest absolute Gasteiger partial charge is 0.338 e. The van der Waals surface area contributed by atoms with Crippen molar-refractivity contribution in [2.45, 2.75) is 19.6 Å². The van der Waals surface area contributed by atoms with Crippen LogP contribution in [0.25, 0.3) is 0 Å². The van der Waals surface area contributed by atoms with Gasteiger partial charge in [-0.05, 0) is 42.8 Å². The highest BCUT2D eigenvalue weighted by Gasteiger charge is 2.19. The van der Waals surface area contributed by atoms with Crippen molar-refractivity contribution in [1.82, 2.24) is 5.32 Å². The van der Waals surface area contributed by atoms with Gasteiger partial charge in [0.15, 0.2) is 6.10 Å². The fourth-order valence-electron chi connectivity index (χ4n) is 2.05. The molecular formula is C18H17ClFN3O4. The van der Waals surface area contributed by atoms with Crippen molar-refractivity contribution < 1.29 is 23.5 Å². The number of rotatable bonds is 6. The third kappa shape index (κ3) is 5.96. The number of urea groups is 1. The van der Waals surface area contributed by atoms with E-state index in [4.69, 9.17) is 22.1 Å². The van der Waals surface area contributed by atoms with Crippen LogP contribution in [0.3, 0.4) is 0 Å². The largest absolute Gasteiger partial charge is 0.449 e. The lowest BCUT2D eigenvalue weighted by Gasteiger charge is -2.14. The van der Waals surface area contributed by atoms with Crippen molar-refractivity contribution in [3.63, 3.8) is 0 Å². The lowest BCUT2D eigenvalue weighted by Crippen LogP contribution is -2.30. The number of nitrogens with one attached hydrogen (secondary N) is 2. The third-order valence-corrected chi connectivity index (χ3v) is 3.79. The van der Waals surface area contributed by atoms with Crippen LogP contribution in [0.4, 0.5) is 14.9 Å². The van der Waals surface area contributed by atoms with E-state index in [0.29, 0.717) is 0 Å². The van der Waals surface area contributed by atoms with Crippen molar-refractivity contribution in [2.24, 2.45) is 5.73 Å². The summed E-state index contributed by atoms with van der Waals surface area (Å²) in [6, 6.07) is 9.31. The molecule has 0 radical (unpaired) electrons. The first-order chi connectivity index (χ1) is 12.8. The first-order valence-corrected chi connectivity index (χ1v) is 8.23. The fraction of sp³-hybridized carbons (Fsp3) is 0.167. The van der Waals surface area contributed by atoms with E-state index in [-0.39, 0.29) is 22.8 Å². The molecule has 0 aliphatic carbocycles. The van der Waals surface area contributed by atoms with E-state index in [9.17, 15) is 18.8 Å². The average Bonchev–Trinajstić information content (AvgIpc) is 2.63. The Morgan fingerprint density at radius 3 is 2.44 bits per heavy atom. The highest BCUT2D eigenvalue weighted by Crippen LogP contribution is 2.19. The molecule has 2 aromatic rings. The number of carbonyl (C=O) groups excluding carboxylic acids is 3. The predicted molar refractivity (Wildman–Crippen MR) is 97.8 cm³/mol. The summed E-state index contributed by atoms with van der Waals surface area (Å²) in [4.78, 5) is 34.9. The van der Waals surface area contributed by atoms with Gasteiger partial charge >= 0.3 is 12.0 Å². The molecular weight excluding hydrogens is 377 g/mol. The molecule has 7 nitrogen and oxygen atoms in total. The van der Waals surface area contributed by atoms with Crippen LogP contribution in [0.15, 0.2) is 42.5 Å². The van der Waals surface area contributed by atoms with Crippen LogP contribution in [0.1, 0.15) is 22.8 Å². The minimum absolute atomic E-state index is 0.136.